The highest BCUT2D eigenvalue weighted by Crippen LogP contribution is 2.65. The summed E-state index contributed by atoms with van der Waals surface area (Å²) in [5.74, 6) is 0. The fourth-order valence-corrected chi connectivity index (χ4v) is 14.1. The maximum atomic E-state index is 2.80. The minimum atomic E-state index is -0.161. The van der Waals surface area contributed by atoms with E-state index < -0.39 is 0 Å². The standard InChI is InChI=1S/C71H76BN3/c1-66(2,3)50-31-34-53(35-32-50)73-62-46-54(75-60-29-21-20-28-56(60)69(10,11)70(12)40-22-23-41-71(70,75)13)36-38-58(62)72-57-37-30-49(47-24-16-14-17-25-47)42-61(57)74(64-45-52(68(7,8)9)44-63(73)65(64)72)59-39-33-51(67(4,5)6)43-55(59)48-26-18-15-19-27-48/h14-21,24-39,42-46H,22-23,40-41H2,1-13H3. The number of rotatable bonds is 5. The maximum Gasteiger partial charge on any atom is 0.252 e. The van der Waals surface area contributed by atoms with Crippen molar-refractivity contribution in [2.24, 2.45) is 5.41 Å². The zero-order chi connectivity index (χ0) is 52.6. The average Bonchev–Trinajstić information content (AvgIpc) is 3.44. The van der Waals surface area contributed by atoms with Gasteiger partial charge in [-0.2, -0.15) is 0 Å². The second-order valence-corrected chi connectivity index (χ2v) is 26.6. The van der Waals surface area contributed by atoms with Crippen molar-refractivity contribution < 1.29 is 0 Å². The van der Waals surface area contributed by atoms with Gasteiger partial charge in [-0.1, -0.05) is 211 Å². The number of anilines is 8. The molecule has 3 heterocycles. The van der Waals surface area contributed by atoms with E-state index in [2.05, 4.69) is 281 Å². The average molecular weight is 982 g/mol. The van der Waals surface area contributed by atoms with Gasteiger partial charge in [0.25, 0.3) is 6.71 Å². The molecule has 3 aliphatic heterocycles. The van der Waals surface area contributed by atoms with Crippen LogP contribution in [0.15, 0.2) is 176 Å². The lowest BCUT2D eigenvalue weighted by Gasteiger charge is -2.66. The molecule has 0 N–H and O–H groups in total. The van der Waals surface area contributed by atoms with Crippen LogP contribution in [0.3, 0.4) is 0 Å². The van der Waals surface area contributed by atoms with Crippen molar-refractivity contribution >= 4 is 68.6 Å². The number of hydrogen-bond acceptors (Lipinski definition) is 3. The Kier molecular flexibility index (Phi) is 11.2. The van der Waals surface area contributed by atoms with Gasteiger partial charge in [0.15, 0.2) is 0 Å². The lowest BCUT2D eigenvalue weighted by Crippen LogP contribution is -2.67. The first kappa shape index (κ1) is 49.1. The Morgan fingerprint density at radius 3 is 1.60 bits per heavy atom. The summed E-state index contributed by atoms with van der Waals surface area (Å²) in [6, 6.07) is 68.3. The summed E-state index contributed by atoms with van der Waals surface area (Å²) in [7, 11) is 0. The molecule has 1 saturated carbocycles. The highest BCUT2D eigenvalue weighted by atomic mass is 15.3. The van der Waals surface area contributed by atoms with E-state index in [1.165, 1.54) is 126 Å². The summed E-state index contributed by atoms with van der Waals surface area (Å²) in [6.45, 7) is 31.3. The van der Waals surface area contributed by atoms with Crippen molar-refractivity contribution in [3.63, 3.8) is 0 Å². The Morgan fingerprint density at radius 2 is 0.947 bits per heavy atom. The molecule has 0 bridgehead atoms. The van der Waals surface area contributed by atoms with E-state index in [9.17, 15) is 0 Å². The molecule has 4 heteroatoms. The van der Waals surface area contributed by atoms with E-state index in [1.807, 2.05) is 0 Å². The van der Waals surface area contributed by atoms with Gasteiger partial charge in [0.05, 0.1) is 5.69 Å². The van der Waals surface area contributed by atoms with E-state index in [4.69, 9.17) is 0 Å². The second kappa shape index (κ2) is 17.1. The summed E-state index contributed by atoms with van der Waals surface area (Å²) >= 11 is 0. The van der Waals surface area contributed by atoms with Crippen LogP contribution in [-0.4, -0.2) is 12.3 Å². The maximum absolute atomic E-state index is 2.80. The highest BCUT2D eigenvalue weighted by Gasteiger charge is 2.62. The molecule has 8 aromatic carbocycles. The first-order valence-electron chi connectivity index (χ1n) is 27.9. The number of hydrogen-bond donors (Lipinski definition) is 0. The summed E-state index contributed by atoms with van der Waals surface area (Å²) in [5, 5.41) is 0. The lowest BCUT2D eigenvalue weighted by atomic mass is 9.33. The fraction of sp³-hybridized carbons (Fsp3) is 0.324. The highest BCUT2D eigenvalue weighted by molar-refractivity contribution is 7.00. The summed E-state index contributed by atoms with van der Waals surface area (Å²) in [4.78, 5) is 8.11. The molecule has 3 nitrogen and oxygen atoms in total. The van der Waals surface area contributed by atoms with Crippen LogP contribution in [-0.2, 0) is 21.7 Å². The Balaban J connectivity index is 1.19. The van der Waals surface area contributed by atoms with Gasteiger partial charge in [0.1, 0.15) is 0 Å². The molecule has 8 aromatic rings. The molecular formula is C71H76BN3. The van der Waals surface area contributed by atoms with Crippen LogP contribution in [0.2, 0.25) is 0 Å². The molecule has 1 aliphatic carbocycles. The molecule has 0 radical (unpaired) electrons. The lowest BCUT2D eigenvalue weighted by molar-refractivity contribution is 0.0106. The third-order valence-corrected chi connectivity index (χ3v) is 18.9. The zero-order valence-electron chi connectivity index (χ0n) is 47.0. The number of para-hydroxylation sites is 1. The Hall–Kier alpha value is -6.78. The van der Waals surface area contributed by atoms with E-state index in [0.717, 1.165) is 6.42 Å². The zero-order valence-corrected chi connectivity index (χ0v) is 47.0. The molecule has 0 aromatic heterocycles. The molecule has 12 rings (SSSR count). The molecule has 1 fully saturated rings. The van der Waals surface area contributed by atoms with E-state index in [1.54, 1.807) is 0 Å². The van der Waals surface area contributed by atoms with Gasteiger partial charge >= 0.3 is 0 Å². The number of fused-ring (bicyclic) bond motifs is 6. The van der Waals surface area contributed by atoms with E-state index in [0.29, 0.717) is 0 Å². The molecular weight excluding hydrogens is 906 g/mol. The fourth-order valence-electron chi connectivity index (χ4n) is 14.1. The molecule has 75 heavy (non-hydrogen) atoms. The third-order valence-electron chi connectivity index (χ3n) is 18.9. The van der Waals surface area contributed by atoms with Crippen LogP contribution in [0.5, 0.6) is 0 Å². The van der Waals surface area contributed by atoms with Gasteiger partial charge < -0.3 is 14.7 Å². The van der Waals surface area contributed by atoms with Crippen molar-refractivity contribution in [1.29, 1.82) is 0 Å². The van der Waals surface area contributed by atoms with Crippen LogP contribution >= 0.6 is 0 Å². The minimum absolute atomic E-state index is 0.00721. The number of nitrogens with zero attached hydrogens (tertiary/aromatic N) is 3. The van der Waals surface area contributed by atoms with Crippen molar-refractivity contribution in [1.82, 2.24) is 0 Å². The summed E-state index contributed by atoms with van der Waals surface area (Å²) < 4.78 is 0. The monoisotopic (exact) mass is 982 g/mol. The van der Waals surface area contributed by atoms with Gasteiger partial charge in [-0.05, 0) is 157 Å². The molecule has 0 saturated heterocycles. The normalized spacial score (nSPS) is 19.7. The SMILES string of the molecule is CC(C)(C)c1ccc(N2c3cc(N4c5ccccc5C(C)(C)C5(C)CCCCC45C)ccc3B3c4ccc(-c5ccccc5)cc4N(c4ccc(C(C)(C)C)cc4-c4ccccc4)c4cc(C(C)(C)C)cc2c43)cc1. The predicted molar refractivity (Wildman–Crippen MR) is 324 cm³/mol. The van der Waals surface area contributed by atoms with Crippen LogP contribution in [0.25, 0.3) is 22.3 Å². The minimum Gasteiger partial charge on any atom is -0.335 e. The first-order chi connectivity index (χ1) is 35.6. The van der Waals surface area contributed by atoms with Gasteiger partial charge in [-0.15, -0.1) is 0 Å². The quantitative estimate of drug-likeness (QED) is 0.159. The molecule has 0 amide bonds. The second-order valence-electron chi connectivity index (χ2n) is 26.6. The summed E-state index contributed by atoms with van der Waals surface area (Å²) in [5.41, 5.74) is 24.0. The van der Waals surface area contributed by atoms with E-state index in [-0.39, 0.29) is 39.3 Å². The van der Waals surface area contributed by atoms with Gasteiger partial charge in [-0.3, -0.25) is 0 Å². The van der Waals surface area contributed by atoms with E-state index >= 15 is 0 Å². The van der Waals surface area contributed by atoms with Crippen molar-refractivity contribution in [3.8, 4) is 22.3 Å². The first-order valence-corrected chi connectivity index (χ1v) is 27.9. The molecule has 378 valence electrons. The van der Waals surface area contributed by atoms with Crippen LogP contribution in [0, 0.1) is 5.41 Å². The van der Waals surface area contributed by atoms with Crippen molar-refractivity contribution in [2.75, 3.05) is 14.7 Å². The molecule has 0 spiro atoms. The Labute approximate surface area is 449 Å². The van der Waals surface area contributed by atoms with Crippen molar-refractivity contribution in [3.05, 3.63) is 198 Å². The van der Waals surface area contributed by atoms with Crippen LogP contribution in [0.1, 0.15) is 138 Å². The van der Waals surface area contributed by atoms with Crippen LogP contribution in [0.4, 0.5) is 45.5 Å². The largest absolute Gasteiger partial charge is 0.335 e. The van der Waals surface area contributed by atoms with Gasteiger partial charge in [0.2, 0.25) is 0 Å². The van der Waals surface area contributed by atoms with Crippen LogP contribution < -0.4 is 31.1 Å². The van der Waals surface area contributed by atoms with Gasteiger partial charge in [-0.25, -0.2) is 0 Å². The molecule has 4 aliphatic rings. The summed E-state index contributed by atoms with van der Waals surface area (Å²) in [6.07, 6.45) is 4.85. The number of benzene rings is 8. The Morgan fingerprint density at radius 1 is 0.400 bits per heavy atom. The molecule has 2 atom stereocenters. The smallest absolute Gasteiger partial charge is 0.252 e. The third kappa shape index (κ3) is 7.58. The topological polar surface area (TPSA) is 9.72 Å². The Bertz CT molecular complexity index is 3520. The molecule has 2 unspecified atom stereocenters. The predicted octanol–water partition coefficient (Wildman–Crippen LogP) is 17.8. The van der Waals surface area contributed by atoms with Crippen molar-refractivity contribution in [2.45, 2.75) is 143 Å². The van der Waals surface area contributed by atoms with Gasteiger partial charge in [0, 0.05) is 56.3 Å².